The number of ether oxygens (including phenoxy) is 1. The first-order valence-electron chi connectivity index (χ1n) is 5.41. The van der Waals surface area contributed by atoms with Gasteiger partial charge >= 0.3 is 12.8 Å². The van der Waals surface area contributed by atoms with Gasteiger partial charge in [-0.2, -0.15) is 0 Å². The van der Waals surface area contributed by atoms with Crippen molar-refractivity contribution in [3.8, 4) is 0 Å². The summed E-state index contributed by atoms with van der Waals surface area (Å²) in [5, 5.41) is 0. The summed E-state index contributed by atoms with van der Waals surface area (Å²) < 4.78 is 27.0. The maximum atomic E-state index is 12.1. The van der Waals surface area contributed by atoms with Crippen LogP contribution in [0.3, 0.4) is 0 Å². The average molecular weight is 282 g/mol. The molecule has 7 heteroatoms. The number of esters is 1. The zero-order valence-electron chi connectivity index (χ0n) is 10.6. The molecule has 0 saturated heterocycles. The molecule has 0 aromatic carbocycles. The molecule has 0 N–H and O–H groups in total. The molecule has 0 aliphatic heterocycles. The summed E-state index contributed by atoms with van der Waals surface area (Å²) >= 11 is 0.922. The van der Waals surface area contributed by atoms with Gasteiger partial charge in [-0.15, -0.1) is 0 Å². The predicted octanol–water partition coefficient (Wildman–Crippen LogP) is 3.37. The van der Waals surface area contributed by atoms with Crippen molar-refractivity contribution >= 4 is 24.1 Å². The summed E-state index contributed by atoms with van der Waals surface area (Å²) in [6.07, 6.45) is 1.28. The van der Waals surface area contributed by atoms with Crippen LogP contribution >= 0.6 is 18.2 Å². The Morgan fingerprint density at radius 1 is 1.18 bits per heavy atom. The van der Waals surface area contributed by atoms with Gasteiger partial charge in [0, 0.05) is 11.0 Å². The van der Waals surface area contributed by atoms with E-state index in [9.17, 15) is 9.36 Å². The fourth-order valence-electron chi connectivity index (χ4n) is 0.959. The van der Waals surface area contributed by atoms with Crippen LogP contribution < -0.4 is 0 Å². The lowest BCUT2D eigenvalue weighted by atomic mass is 10.5. The molecule has 0 amide bonds. The highest BCUT2D eigenvalue weighted by atomic mass is 32.7. The molecular formula is C10H19O5PS. The molecule has 0 spiro atoms. The average Bonchev–Trinajstić information content (AvgIpc) is 2.17. The van der Waals surface area contributed by atoms with Crippen LogP contribution in [-0.4, -0.2) is 25.8 Å². The molecule has 0 heterocycles. The maximum absolute atomic E-state index is 12.1. The normalized spacial score (nSPS) is 12.6. The minimum absolute atomic E-state index is 0.289. The Labute approximate surface area is 106 Å². The number of carbonyl (C=O) groups is 1. The third kappa shape index (κ3) is 7.60. The Bertz CT molecular complexity index is 306. The molecule has 0 aliphatic carbocycles. The largest absolute Gasteiger partial charge is 0.463 e. The molecule has 17 heavy (non-hydrogen) atoms. The lowest BCUT2D eigenvalue weighted by molar-refractivity contribution is -0.137. The Balaban J connectivity index is 4.54. The van der Waals surface area contributed by atoms with Crippen LogP contribution in [0.2, 0.25) is 0 Å². The van der Waals surface area contributed by atoms with Gasteiger partial charge in [-0.05, 0) is 39.1 Å². The van der Waals surface area contributed by atoms with Gasteiger partial charge in [-0.1, -0.05) is 0 Å². The zero-order valence-corrected chi connectivity index (χ0v) is 12.3. The first-order chi connectivity index (χ1) is 7.97. The van der Waals surface area contributed by atoms with Crippen LogP contribution in [0, 0.1) is 0 Å². The van der Waals surface area contributed by atoms with Crippen LogP contribution in [-0.2, 0) is 23.1 Å². The monoisotopic (exact) mass is 282 g/mol. The van der Waals surface area contributed by atoms with Gasteiger partial charge in [0.05, 0.1) is 19.8 Å². The fourth-order valence-corrected chi connectivity index (χ4v) is 4.44. The fraction of sp³-hybridized carbons (Fsp3) is 0.700. The van der Waals surface area contributed by atoms with Crippen molar-refractivity contribution in [1.29, 1.82) is 0 Å². The van der Waals surface area contributed by atoms with Crippen molar-refractivity contribution in [2.24, 2.45) is 0 Å². The molecule has 0 saturated carbocycles. The highest BCUT2D eigenvalue weighted by Crippen LogP contribution is 2.63. The Morgan fingerprint density at radius 3 is 2.12 bits per heavy atom. The van der Waals surface area contributed by atoms with E-state index in [4.69, 9.17) is 13.8 Å². The van der Waals surface area contributed by atoms with Crippen molar-refractivity contribution in [2.45, 2.75) is 27.7 Å². The second-order valence-electron chi connectivity index (χ2n) is 2.88. The topological polar surface area (TPSA) is 61.8 Å². The van der Waals surface area contributed by atoms with Crippen LogP contribution in [0.25, 0.3) is 0 Å². The SMILES string of the molecule is CCOC(=O)/C=C(/C)SP(=O)(OCC)OCC. The smallest absolute Gasteiger partial charge is 0.393 e. The third-order valence-electron chi connectivity index (χ3n) is 1.44. The van der Waals surface area contributed by atoms with E-state index in [0.717, 1.165) is 11.4 Å². The quantitative estimate of drug-likeness (QED) is 0.386. The molecule has 0 radical (unpaired) electrons. The van der Waals surface area contributed by atoms with Crippen molar-refractivity contribution in [3.63, 3.8) is 0 Å². The third-order valence-corrected chi connectivity index (χ3v) is 5.38. The molecule has 0 aliphatic rings. The molecule has 0 aromatic rings. The summed E-state index contributed by atoms with van der Waals surface area (Å²) in [4.78, 5) is 11.7. The lowest BCUT2D eigenvalue weighted by Crippen LogP contribution is -2.00. The van der Waals surface area contributed by atoms with Crippen LogP contribution in [0.1, 0.15) is 27.7 Å². The number of rotatable bonds is 8. The van der Waals surface area contributed by atoms with Gasteiger partial charge in [-0.25, -0.2) is 9.36 Å². The van der Waals surface area contributed by atoms with Crippen LogP contribution in [0.15, 0.2) is 11.0 Å². The van der Waals surface area contributed by atoms with Gasteiger partial charge in [0.15, 0.2) is 0 Å². The van der Waals surface area contributed by atoms with Gasteiger partial charge in [-0.3, -0.25) is 0 Å². The molecule has 0 atom stereocenters. The molecular weight excluding hydrogens is 263 g/mol. The molecule has 0 unspecified atom stereocenters. The van der Waals surface area contributed by atoms with Crippen LogP contribution in [0.4, 0.5) is 0 Å². The number of hydrogen-bond acceptors (Lipinski definition) is 6. The second kappa shape index (κ2) is 8.75. The maximum Gasteiger partial charge on any atom is 0.393 e. The van der Waals surface area contributed by atoms with Gasteiger partial charge in [0.25, 0.3) is 0 Å². The summed E-state index contributed by atoms with van der Waals surface area (Å²) in [6, 6.07) is 0. The van der Waals surface area contributed by atoms with E-state index >= 15 is 0 Å². The van der Waals surface area contributed by atoms with Crippen LogP contribution in [0.5, 0.6) is 0 Å². The van der Waals surface area contributed by atoms with Crippen molar-refractivity contribution in [3.05, 3.63) is 11.0 Å². The van der Waals surface area contributed by atoms with E-state index in [2.05, 4.69) is 0 Å². The Kier molecular flexibility index (Phi) is 8.60. The van der Waals surface area contributed by atoms with Crippen molar-refractivity contribution in [2.75, 3.05) is 19.8 Å². The van der Waals surface area contributed by atoms with Crippen molar-refractivity contribution < 1.29 is 23.1 Å². The van der Waals surface area contributed by atoms with E-state index in [1.807, 2.05) is 0 Å². The number of hydrogen-bond donors (Lipinski definition) is 0. The summed E-state index contributed by atoms with van der Waals surface area (Å²) in [5.74, 6) is -0.461. The van der Waals surface area contributed by atoms with E-state index < -0.39 is 12.8 Å². The molecule has 0 rings (SSSR count). The van der Waals surface area contributed by atoms with Crippen molar-refractivity contribution in [1.82, 2.24) is 0 Å². The lowest BCUT2D eigenvalue weighted by Gasteiger charge is -2.15. The molecule has 100 valence electrons. The Morgan fingerprint density at radius 2 is 1.71 bits per heavy atom. The molecule has 0 fully saturated rings. The number of allylic oxidation sites excluding steroid dienone is 1. The van der Waals surface area contributed by atoms with E-state index in [1.54, 1.807) is 27.7 Å². The van der Waals surface area contributed by atoms with E-state index in [0.29, 0.717) is 11.5 Å². The molecule has 0 bridgehead atoms. The van der Waals surface area contributed by atoms with Gasteiger partial charge < -0.3 is 13.8 Å². The number of carbonyl (C=O) groups excluding carboxylic acids is 1. The standard InChI is InChI=1S/C10H19O5PS/c1-5-13-10(11)8-9(4)17-16(12,14-6-2)15-7-3/h8H,5-7H2,1-4H3/b9-8-. The summed E-state index contributed by atoms with van der Waals surface area (Å²) in [5.41, 5.74) is 0. The molecule has 5 nitrogen and oxygen atoms in total. The van der Waals surface area contributed by atoms with E-state index in [-0.39, 0.29) is 13.2 Å². The highest BCUT2D eigenvalue weighted by Gasteiger charge is 2.25. The first kappa shape index (κ1) is 16.7. The molecule has 0 aromatic heterocycles. The van der Waals surface area contributed by atoms with Gasteiger partial charge in [0.2, 0.25) is 0 Å². The highest BCUT2D eigenvalue weighted by molar-refractivity contribution is 8.57. The van der Waals surface area contributed by atoms with E-state index in [1.165, 1.54) is 6.08 Å². The Hall–Kier alpha value is -0.290. The van der Waals surface area contributed by atoms with Gasteiger partial charge in [0.1, 0.15) is 0 Å². The predicted molar refractivity (Wildman–Crippen MR) is 68.8 cm³/mol. The minimum atomic E-state index is -3.21. The zero-order chi connectivity index (χ0) is 13.3. The second-order valence-corrected chi connectivity index (χ2v) is 7.01. The minimum Gasteiger partial charge on any atom is -0.463 e. The first-order valence-corrected chi connectivity index (χ1v) is 8.37. The summed E-state index contributed by atoms with van der Waals surface area (Å²) in [6.45, 7) is 4.52. The summed E-state index contributed by atoms with van der Waals surface area (Å²) in [7, 11) is 0.